The number of carbonyl (C=O) groups is 2. The lowest BCUT2D eigenvalue weighted by Crippen LogP contribution is -2.30. The maximum atomic E-state index is 12.5. The quantitative estimate of drug-likeness (QED) is 0.575. The van der Waals surface area contributed by atoms with Gasteiger partial charge in [0.25, 0.3) is 0 Å². The predicted molar refractivity (Wildman–Crippen MR) is 98.4 cm³/mol. The minimum Gasteiger partial charge on any atom is -0.423 e. The Bertz CT molecular complexity index is 805. The number of esters is 1. The molecule has 0 bridgehead atoms. The summed E-state index contributed by atoms with van der Waals surface area (Å²) in [6.45, 7) is 6.37. The molecule has 0 amide bonds. The first kappa shape index (κ1) is 17.4. The van der Waals surface area contributed by atoms with Crippen molar-refractivity contribution in [3.05, 3.63) is 64.7 Å². The van der Waals surface area contributed by atoms with E-state index in [0.29, 0.717) is 17.7 Å². The number of Topliss-reactive ketones (excluding diaryl/α,β-unsaturated/α-hetero) is 1. The minimum atomic E-state index is -0.386. The molecule has 1 atom stereocenters. The second kappa shape index (κ2) is 6.83. The van der Waals surface area contributed by atoms with Crippen LogP contribution in [0.2, 0.25) is 0 Å². The second-order valence-electron chi connectivity index (χ2n) is 6.98. The number of aryl methyl sites for hydroxylation is 1. The summed E-state index contributed by atoms with van der Waals surface area (Å²) in [5.74, 6) is 0.314. The van der Waals surface area contributed by atoms with E-state index >= 15 is 0 Å². The van der Waals surface area contributed by atoms with Crippen LogP contribution in [0.1, 0.15) is 71.9 Å². The third-order valence-corrected chi connectivity index (χ3v) is 5.43. The first-order valence-electron chi connectivity index (χ1n) is 8.95. The van der Waals surface area contributed by atoms with Gasteiger partial charge in [0.1, 0.15) is 5.75 Å². The maximum Gasteiger partial charge on any atom is 0.343 e. The summed E-state index contributed by atoms with van der Waals surface area (Å²) in [5.41, 5.74) is 3.35. The van der Waals surface area contributed by atoms with Crippen molar-refractivity contribution < 1.29 is 14.3 Å². The molecule has 0 heterocycles. The lowest BCUT2D eigenvalue weighted by Gasteiger charge is -2.34. The van der Waals surface area contributed by atoms with Gasteiger partial charge in [0.15, 0.2) is 5.78 Å². The van der Waals surface area contributed by atoms with E-state index in [1.54, 1.807) is 12.1 Å². The van der Waals surface area contributed by atoms with Gasteiger partial charge in [-0.15, -0.1) is 0 Å². The molecule has 3 rings (SSSR count). The Hall–Kier alpha value is -2.42. The third-order valence-electron chi connectivity index (χ3n) is 5.43. The standard InChI is InChI=1S/C22H24O3/c1-4-15-6-9-17(10-7-15)25-21(24)16-8-11-18-19(14-16)22(3,5-2)13-12-20(18)23/h6-11,14H,4-5,12-13H2,1-3H3. The Labute approximate surface area is 149 Å². The van der Waals surface area contributed by atoms with E-state index in [1.165, 1.54) is 5.56 Å². The van der Waals surface area contributed by atoms with Crippen LogP contribution >= 0.6 is 0 Å². The highest BCUT2D eigenvalue weighted by Gasteiger charge is 2.34. The highest BCUT2D eigenvalue weighted by atomic mass is 16.5. The van der Waals surface area contributed by atoms with Gasteiger partial charge >= 0.3 is 5.97 Å². The molecular weight excluding hydrogens is 312 g/mol. The molecule has 0 fully saturated rings. The van der Waals surface area contributed by atoms with Gasteiger partial charge in [0.2, 0.25) is 0 Å². The fraction of sp³-hybridized carbons (Fsp3) is 0.364. The van der Waals surface area contributed by atoms with E-state index in [0.717, 1.165) is 30.4 Å². The van der Waals surface area contributed by atoms with Crippen molar-refractivity contribution in [2.75, 3.05) is 0 Å². The van der Waals surface area contributed by atoms with Crippen molar-refractivity contribution >= 4 is 11.8 Å². The molecule has 0 aromatic heterocycles. The first-order chi connectivity index (χ1) is 12.0. The van der Waals surface area contributed by atoms with E-state index < -0.39 is 0 Å². The van der Waals surface area contributed by atoms with E-state index in [-0.39, 0.29) is 17.2 Å². The van der Waals surface area contributed by atoms with Gasteiger partial charge in [0, 0.05) is 12.0 Å². The average Bonchev–Trinajstić information content (AvgIpc) is 2.65. The summed E-state index contributed by atoms with van der Waals surface area (Å²) in [4.78, 5) is 24.7. The van der Waals surface area contributed by atoms with Crippen LogP contribution in [0.25, 0.3) is 0 Å². The van der Waals surface area contributed by atoms with Gasteiger partial charge < -0.3 is 4.74 Å². The molecule has 0 saturated carbocycles. The Kier molecular flexibility index (Phi) is 4.76. The normalized spacial score (nSPS) is 19.4. The molecule has 2 aromatic carbocycles. The molecule has 0 N–H and O–H groups in total. The number of rotatable bonds is 4. The van der Waals surface area contributed by atoms with Gasteiger partial charge in [-0.1, -0.05) is 39.0 Å². The fourth-order valence-corrected chi connectivity index (χ4v) is 3.40. The number of ether oxygens (including phenoxy) is 1. The van der Waals surface area contributed by atoms with Crippen molar-refractivity contribution in [1.29, 1.82) is 0 Å². The molecule has 3 nitrogen and oxygen atoms in total. The molecule has 0 spiro atoms. The summed E-state index contributed by atoms with van der Waals surface area (Å²) in [6.07, 6.45) is 3.28. The van der Waals surface area contributed by atoms with E-state index in [9.17, 15) is 9.59 Å². The molecular formula is C22H24O3. The fourth-order valence-electron chi connectivity index (χ4n) is 3.40. The summed E-state index contributed by atoms with van der Waals surface area (Å²) in [5, 5.41) is 0. The summed E-state index contributed by atoms with van der Waals surface area (Å²) >= 11 is 0. The number of hydrogen-bond acceptors (Lipinski definition) is 3. The summed E-state index contributed by atoms with van der Waals surface area (Å²) in [7, 11) is 0. The molecule has 1 aliphatic rings. The lowest BCUT2D eigenvalue weighted by atomic mass is 9.69. The number of hydrogen-bond donors (Lipinski definition) is 0. The van der Waals surface area contributed by atoms with Crippen molar-refractivity contribution in [3.8, 4) is 5.75 Å². The maximum absolute atomic E-state index is 12.5. The lowest BCUT2D eigenvalue weighted by molar-refractivity contribution is 0.0733. The van der Waals surface area contributed by atoms with E-state index in [2.05, 4.69) is 20.8 Å². The zero-order valence-electron chi connectivity index (χ0n) is 15.1. The van der Waals surface area contributed by atoms with Gasteiger partial charge in [-0.2, -0.15) is 0 Å². The Morgan fingerprint density at radius 1 is 1.12 bits per heavy atom. The van der Waals surface area contributed by atoms with Crippen LogP contribution in [0.4, 0.5) is 0 Å². The SMILES string of the molecule is CCc1ccc(OC(=O)c2ccc3c(c2)C(C)(CC)CCC3=O)cc1. The smallest absolute Gasteiger partial charge is 0.343 e. The molecule has 3 heteroatoms. The molecule has 0 saturated heterocycles. The molecule has 25 heavy (non-hydrogen) atoms. The van der Waals surface area contributed by atoms with Crippen LogP contribution in [0.5, 0.6) is 5.75 Å². The van der Waals surface area contributed by atoms with Crippen LogP contribution < -0.4 is 4.74 Å². The van der Waals surface area contributed by atoms with Gasteiger partial charge in [0.05, 0.1) is 5.56 Å². The molecule has 2 aromatic rings. The highest BCUT2D eigenvalue weighted by Crippen LogP contribution is 2.40. The van der Waals surface area contributed by atoms with E-state index in [1.807, 2.05) is 30.3 Å². The van der Waals surface area contributed by atoms with Gasteiger partial charge in [-0.05, 0) is 60.1 Å². The predicted octanol–water partition coefficient (Wildman–Crippen LogP) is 5.11. The van der Waals surface area contributed by atoms with Gasteiger partial charge in [-0.3, -0.25) is 4.79 Å². The zero-order valence-corrected chi connectivity index (χ0v) is 15.1. The number of carbonyl (C=O) groups excluding carboxylic acids is 2. The van der Waals surface area contributed by atoms with Crippen LogP contribution in [-0.4, -0.2) is 11.8 Å². The minimum absolute atomic E-state index is 0.0672. The second-order valence-corrected chi connectivity index (χ2v) is 6.98. The third kappa shape index (κ3) is 3.37. The monoisotopic (exact) mass is 336 g/mol. The molecule has 1 unspecified atom stereocenters. The highest BCUT2D eigenvalue weighted by molar-refractivity contribution is 6.01. The number of fused-ring (bicyclic) bond motifs is 1. The van der Waals surface area contributed by atoms with Crippen LogP contribution in [0, 0.1) is 0 Å². The zero-order chi connectivity index (χ0) is 18.0. The van der Waals surface area contributed by atoms with Crippen LogP contribution in [0.3, 0.4) is 0 Å². The molecule has 0 aliphatic heterocycles. The van der Waals surface area contributed by atoms with Crippen LogP contribution in [-0.2, 0) is 11.8 Å². The Morgan fingerprint density at radius 3 is 2.48 bits per heavy atom. The average molecular weight is 336 g/mol. The summed E-state index contributed by atoms with van der Waals surface area (Å²) < 4.78 is 5.50. The number of benzene rings is 2. The Morgan fingerprint density at radius 2 is 1.84 bits per heavy atom. The van der Waals surface area contributed by atoms with Crippen molar-refractivity contribution in [3.63, 3.8) is 0 Å². The van der Waals surface area contributed by atoms with Gasteiger partial charge in [-0.25, -0.2) is 4.79 Å². The first-order valence-corrected chi connectivity index (χ1v) is 8.95. The van der Waals surface area contributed by atoms with Crippen molar-refractivity contribution in [1.82, 2.24) is 0 Å². The largest absolute Gasteiger partial charge is 0.423 e. The molecule has 130 valence electrons. The molecule has 0 radical (unpaired) electrons. The van der Waals surface area contributed by atoms with E-state index in [4.69, 9.17) is 4.74 Å². The topological polar surface area (TPSA) is 43.4 Å². The van der Waals surface area contributed by atoms with Crippen molar-refractivity contribution in [2.45, 2.75) is 51.9 Å². The number of ketones is 1. The van der Waals surface area contributed by atoms with Crippen molar-refractivity contribution in [2.24, 2.45) is 0 Å². The Balaban J connectivity index is 1.88. The molecule has 1 aliphatic carbocycles. The summed E-state index contributed by atoms with van der Waals surface area (Å²) in [6, 6.07) is 12.9. The van der Waals surface area contributed by atoms with Crippen LogP contribution in [0.15, 0.2) is 42.5 Å².